The third kappa shape index (κ3) is 25.1. The summed E-state index contributed by atoms with van der Waals surface area (Å²) < 4.78 is 34.0. The quantitative estimate of drug-likeness (QED) is 0.0160. The second kappa shape index (κ2) is 32.2. The van der Waals surface area contributed by atoms with Gasteiger partial charge in [-0.25, -0.2) is 4.57 Å². The molecule has 0 heterocycles. The lowest BCUT2D eigenvalue weighted by Crippen LogP contribution is -2.64. The Balaban J connectivity index is 2.40. The number of aliphatic hydroxyl groups is 5. The van der Waals surface area contributed by atoms with Crippen LogP contribution in [0.4, 0.5) is 0 Å². The van der Waals surface area contributed by atoms with Crippen molar-refractivity contribution in [3.05, 3.63) is 12.2 Å². The lowest BCUT2D eigenvalue weighted by atomic mass is 9.85. The minimum atomic E-state index is -5.00. The fraction of sp³-hybridized carbons (Fsp3) is 0.925. The van der Waals surface area contributed by atoms with Crippen molar-refractivity contribution in [3.8, 4) is 0 Å². The highest BCUT2D eigenvalue weighted by Crippen LogP contribution is 2.47. The van der Waals surface area contributed by atoms with Gasteiger partial charge >= 0.3 is 13.8 Å². The predicted molar refractivity (Wildman–Crippen MR) is 207 cm³/mol. The molecule has 0 amide bonds. The minimum Gasteiger partial charge on any atom is -0.457 e. The summed E-state index contributed by atoms with van der Waals surface area (Å²) in [5.41, 5.74) is 0. The maximum atomic E-state index is 12.7. The van der Waals surface area contributed by atoms with Gasteiger partial charge in [-0.05, 0) is 38.5 Å². The summed E-state index contributed by atoms with van der Waals surface area (Å²) in [6.45, 7) is 4.22. The molecule has 6 unspecified atom stereocenters. The molecule has 53 heavy (non-hydrogen) atoms. The third-order valence-electron chi connectivity index (χ3n) is 9.89. The highest BCUT2D eigenvalue weighted by atomic mass is 31.2. The second-order valence-electron chi connectivity index (χ2n) is 14.8. The molecule has 0 bridgehead atoms. The molecule has 0 saturated heterocycles. The molecule has 0 aromatic heterocycles. The molecule has 0 spiro atoms. The standard InChI is InChI=1S/C40H77O12P/c1-3-5-7-9-11-13-14-15-16-17-18-19-20-21-23-25-27-29-34(41)51-33(31-49-30-28-26-24-22-12-10-8-6-4-2)32-50-53(47,48)52-40-38(45)36(43)35(42)37(44)39(40)46/h15-16,33,35-40,42-46H,3-14,17-32H2,1-2H3,(H,47,48)/b16-15-. The van der Waals surface area contributed by atoms with Crippen molar-refractivity contribution in [3.63, 3.8) is 0 Å². The number of rotatable bonds is 35. The van der Waals surface area contributed by atoms with Gasteiger partial charge in [0.25, 0.3) is 0 Å². The van der Waals surface area contributed by atoms with E-state index in [4.69, 9.17) is 18.5 Å². The smallest absolute Gasteiger partial charge is 0.457 e. The number of ether oxygens (including phenoxy) is 2. The maximum Gasteiger partial charge on any atom is 0.472 e. The van der Waals surface area contributed by atoms with Gasteiger partial charge in [0.05, 0.1) is 13.2 Å². The zero-order valence-electron chi connectivity index (χ0n) is 33.1. The largest absolute Gasteiger partial charge is 0.472 e. The highest BCUT2D eigenvalue weighted by molar-refractivity contribution is 7.47. The second-order valence-corrected chi connectivity index (χ2v) is 16.3. The molecule has 6 N–H and O–H groups in total. The Bertz CT molecular complexity index is 937. The molecule has 0 radical (unpaired) electrons. The molecule has 314 valence electrons. The van der Waals surface area contributed by atoms with Gasteiger partial charge in [-0.15, -0.1) is 0 Å². The maximum absolute atomic E-state index is 12.7. The minimum absolute atomic E-state index is 0.0741. The molecule has 13 heteroatoms. The SMILES string of the molecule is CCCCCCCC/C=C\CCCCCCCCCC(=O)OC(COCCCCCCCCCCC)COP(=O)(O)OC1C(O)C(O)C(O)C(O)C1O. The van der Waals surface area contributed by atoms with Gasteiger partial charge in [-0.1, -0.05) is 142 Å². The van der Waals surface area contributed by atoms with E-state index in [9.17, 15) is 39.8 Å². The number of esters is 1. The Morgan fingerprint density at radius 3 is 1.49 bits per heavy atom. The lowest BCUT2D eigenvalue weighted by Gasteiger charge is -2.41. The van der Waals surface area contributed by atoms with Gasteiger partial charge in [-0.2, -0.15) is 0 Å². The van der Waals surface area contributed by atoms with Crippen LogP contribution in [0.5, 0.6) is 0 Å². The van der Waals surface area contributed by atoms with Crippen molar-refractivity contribution in [2.45, 2.75) is 217 Å². The first kappa shape index (κ1) is 50.1. The van der Waals surface area contributed by atoms with Crippen LogP contribution in [0.15, 0.2) is 12.2 Å². The molecule has 0 aromatic carbocycles. The van der Waals surface area contributed by atoms with Gasteiger partial charge in [0.1, 0.15) is 42.7 Å². The zero-order valence-corrected chi connectivity index (χ0v) is 34.0. The first-order chi connectivity index (χ1) is 25.5. The summed E-state index contributed by atoms with van der Waals surface area (Å²) in [5, 5.41) is 50.0. The normalized spacial score (nSPS) is 23.7. The average molecular weight is 781 g/mol. The van der Waals surface area contributed by atoms with Gasteiger partial charge in [0.15, 0.2) is 0 Å². The van der Waals surface area contributed by atoms with E-state index in [-0.39, 0.29) is 13.0 Å². The Kier molecular flexibility index (Phi) is 30.4. The number of hydrogen-bond donors (Lipinski definition) is 6. The number of phosphoric ester groups is 1. The van der Waals surface area contributed by atoms with Crippen molar-refractivity contribution in [2.75, 3.05) is 19.8 Å². The van der Waals surface area contributed by atoms with Crippen molar-refractivity contribution in [2.24, 2.45) is 0 Å². The highest BCUT2D eigenvalue weighted by Gasteiger charge is 2.51. The Labute approximate surface area is 320 Å². The Morgan fingerprint density at radius 1 is 0.585 bits per heavy atom. The van der Waals surface area contributed by atoms with Crippen LogP contribution >= 0.6 is 7.82 Å². The van der Waals surface area contributed by atoms with Crippen molar-refractivity contribution in [1.29, 1.82) is 0 Å². The van der Waals surface area contributed by atoms with Crippen LogP contribution in [0.3, 0.4) is 0 Å². The molecular formula is C40H77O12P. The average Bonchev–Trinajstić information content (AvgIpc) is 3.14. The molecule has 0 aromatic rings. The molecule has 12 nitrogen and oxygen atoms in total. The molecule has 1 rings (SSSR count). The van der Waals surface area contributed by atoms with Crippen LogP contribution in [0, 0.1) is 0 Å². The number of carbonyl (C=O) groups is 1. The molecule has 0 aliphatic heterocycles. The van der Waals surface area contributed by atoms with Crippen LogP contribution in [0.2, 0.25) is 0 Å². The number of allylic oxidation sites excluding steroid dienone is 2. The molecular weight excluding hydrogens is 703 g/mol. The third-order valence-corrected chi connectivity index (χ3v) is 10.9. The fourth-order valence-electron chi connectivity index (χ4n) is 6.47. The zero-order chi connectivity index (χ0) is 39.2. The Hall–Kier alpha value is -0.920. The first-order valence-corrected chi connectivity index (χ1v) is 22.5. The van der Waals surface area contributed by atoms with E-state index in [0.717, 1.165) is 44.9 Å². The van der Waals surface area contributed by atoms with E-state index in [0.29, 0.717) is 13.0 Å². The van der Waals surface area contributed by atoms with Gasteiger partial charge in [-0.3, -0.25) is 13.8 Å². The Morgan fingerprint density at radius 2 is 1.00 bits per heavy atom. The van der Waals surface area contributed by atoms with E-state index in [1.54, 1.807) is 0 Å². The van der Waals surface area contributed by atoms with Crippen LogP contribution in [0.1, 0.15) is 174 Å². The van der Waals surface area contributed by atoms with Crippen molar-refractivity contribution < 1.29 is 58.3 Å². The summed E-state index contributed by atoms with van der Waals surface area (Å²) in [4.78, 5) is 23.0. The monoisotopic (exact) mass is 781 g/mol. The number of aliphatic hydroxyl groups excluding tert-OH is 5. The van der Waals surface area contributed by atoms with Gasteiger partial charge < -0.3 is 39.9 Å². The first-order valence-electron chi connectivity index (χ1n) is 21.0. The predicted octanol–water partition coefficient (Wildman–Crippen LogP) is 7.58. The van der Waals surface area contributed by atoms with E-state index in [1.807, 2.05) is 0 Å². The molecule has 1 saturated carbocycles. The summed E-state index contributed by atoms with van der Waals surface area (Å²) in [7, 11) is -5.00. The topological polar surface area (TPSA) is 192 Å². The molecule has 1 aliphatic rings. The van der Waals surface area contributed by atoms with Crippen molar-refractivity contribution >= 4 is 13.8 Å². The van der Waals surface area contributed by atoms with Gasteiger partial charge in [0, 0.05) is 13.0 Å². The van der Waals surface area contributed by atoms with E-state index >= 15 is 0 Å². The summed E-state index contributed by atoms with van der Waals surface area (Å²) in [5.74, 6) is -0.481. The molecule has 6 atom stereocenters. The van der Waals surface area contributed by atoms with E-state index < -0.39 is 63.1 Å². The van der Waals surface area contributed by atoms with Crippen molar-refractivity contribution in [1.82, 2.24) is 0 Å². The molecule has 1 fully saturated rings. The number of carbonyl (C=O) groups excluding carboxylic acids is 1. The fourth-order valence-corrected chi connectivity index (χ4v) is 7.44. The van der Waals surface area contributed by atoms with Crippen LogP contribution in [-0.4, -0.2) is 98.9 Å². The summed E-state index contributed by atoms with van der Waals surface area (Å²) in [6, 6.07) is 0. The summed E-state index contributed by atoms with van der Waals surface area (Å²) in [6.07, 6.45) is 20.1. The number of unbranched alkanes of at least 4 members (excludes halogenated alkanes) is 21. The van der Waals surface area contributed by atoms with E-state index in [1.165, 1.54) is 103 Å². The summed E-state index contributed by atoms with van der Waals surface area (Å²) >= 11 is 0. The van der Waals surface area contributed by atoms with Crippen LogP contribution in [-0.2, 0) is 27.9 Å². The molecule has 1 aliphatic carbocycles. The van der Waals surface area contributed by atoms with E-state index in [2.05, 4.69) is 26.0 Å². The lowest BCUT2D eigenvalue weighted by molar-refractivity contribution is -0.220. The van der Waals surface area contributed by atoms with Gasteiger partial charge in [0.2, 0.25) is 0 Å². The number of hydrogen-bond acceptors (Lipinski definition) is 11. The number of phosphoric acid groups is 1. The van der Waals surface area contributed by atoms with Crippen LogP contribution < -0.4 is 0 Å². The van der Waals surface area contributed by atoms with Crippen LogP contribution in [0.25, 0.3) is 0 Å².